The normalized spacial score (nSPS) is 13.2. The second kappa shape index (κ2) is 4.77. The molecule has 80 valence electrons. The number of nitrogens with zero attached hydrogens (tertiary/aromatic N) is 2. The molecule has 5 heteroatoms. The first kappa shape index (κ1) is 11.5. The Bertz CT molecular complexity index is 311. The maximum atomic E-state index is 9.04. The zero-order valence-electron chi connectivity index (χ0n) is 8.50. The third kappa shape index (κ3) is 2.08. The van der Waals surface area contributed by atoms with Crippen molar-refractivity contribution < 1.29 is 5.11 Å². The molecular formula is C9H16ClN3O. The summed E-state index contributed by atoms with van der Waals surface area (Å²) in [4.78, 5) is 4.14. The van der Waals surface area contributed by atoms with E-state index in [9.17, 15) is 0 Å². The molecule has 0 aliphatic heterocycles. The van der Waals surface area contributed by atoms with E-state index in [4.69, 9.17) is 22.4 Å². The van der Waals surface area contributed by atoms with Crippen molar-refractivity contribution in [1.29, 1.82) is 0 Å². The van der Waals surface area contributed by atoms with Gasteiger partial charge < -0.3 is 15.4 Å². The zero-order chi connectivity index (χ0) is 10.7. The highest BCUT2D eigenvalue weighted by Crippen LogP contribution is 2.21. The van der Waals surface area contributed by atoms with Gasteiger partial charge in [0, 0.05) is 7.05 Å². The van der Waals surface area contributed by atoms with E-state index in [1.807, 2.05) is 7.05 Å². The lowest BCUT2D eigenvalue weighted by Crippen LogP contribution is -2.15. The van der Waals surface area contributed by atoms with E-state index in [1.165, 1.54) is 0 Å². The molecule has 1 atom stereocenters. The molecule has 0 spiro atoms. The minimum absolute atomic E-state index is 0.109. The number of imidazole rings is 1. The average molecular weight is 218 g/mol. The van der Waals surface area contributed by atoms with Crippen molar-refractivity contribution in [2.45, 2.75) is 32.4 Å². The lowest BCUT2D eigenvalue weighted by molar-refractivity contribution is 0.272. The van der Waals surface area contributed by atoms with Crippen LogP contribution in [0.2, 0.25) is 5.15 Å². The van der Waals surface area contributed by atoms with Crippen molar-refractivity contribution in [1.82, 2.24) is 9.55 Å². The highest BCUT2D eigenvalue weighted by atomic mass is 35.5. The minimum atomic E-state index is -0.110. The fraction of sp³-hybridized carbons (Fsp3) is 0.667. The first-order chi connectivity index (χ1) is 6.61. The lowest BCUT2D eigenvalue weighted by Gasteiger charge is -2.10. The second-order valence-corrected chi connectivity index (χ2v) is 3.68. The van der Waals surface area contributed by atoms with Crippen LogP contribution in [0.4, 0.5) is 0 Å². The van der Waals surface area contributed by atoms with Crippen LogP contribution in [0.25, 0.3) is 0 Å². The number of nitrogens with two attached hydrogens (primary N) is 1. The summed E-state index contributed by atoms with van der Waals surface area (Å²) in [5.74, 6) is 0.737. The van der Waals surface area contributed by atoms with Crippen molar-refractivity contribution in [3.05, 3.63) is 16.7 Å². The van der Waals surface area contributed by atoms with Crippen LogP contribution in [-0.4, -0.2) is 14.7 Å². The van der Waals surface area contributed by atoms with Gasteiger partial charge in [-0.3, -0.25) is 0 Å². The van der Waals surface area contributed by atoms with E-state index in [-0.39, 0.29) is 12.6 Å². The van der Waals surface area contributed by atoms with Crippen LogP contribution in [0.15, 0.2) is 0 Å². The average Bonchev–Trinajstić information content (AvgIpc) is 2.42. The molecule has 1 aromatic heterocycles. The van der Waals surface area contributed by atoms with E-state index < -0.39 is 0 Å². The Labute approximate surface area is 88.7 Å². The molecule has 0 saturated heterocycles. The Balaban J connectivity index is 2.98. The molecule has 4 nitrogen and oxygen atoms in total. The molecule has 1 unspecified atom stereocenters. The maximum absolute atomic E-state index is 9.04. The van der Waals surface area contributed by atoms with Crippen LogP contribution in [0.1, 0.15) is 37.3 Å². The van der Waals surface area contributed by atoms with Gasteiger partial charge in [-0.25, -0.2) is 4.98 Å². The van der Waals surface area contributed by atoms with Crippen LogP contribution in [0, 0.1) is 0 Å². The SMILES string of the molecule is CCCC(N)c1nc(Cl)c(CO)n1C. The van der Waals surface area contributed by atoms with E-state index in [0.717, 1.165) is 18.7 Å². The lowest BCUT2D eigenvalue weighted by atomic mass is 10.2. The minimum Gasteiger partial charge on any atom is -0.390 e. The number of aromatic nitrogens is 2. The molecule has 1 rings (SSSR count). The summed E-state index contributed by atoms with van der Waals surface area (Å²) in [6.45, 7) is 1.96. The Kier molecular flexibility index (Phi) is 3.92. The Hall–Kier alpha value is -0.580. The molecule has 1 heterocycles. The number of aliphatic hydroxyl groups is 1. The quantitative estimate of drug-likeness (QED) is 0.801. The smallest absolute Gasteiger partial charge is 0.153 e. The number of rotatable bonds is 4. The first-order valence-corrected chi connectivity index (χ1v) is 5.07. The molecule has 0 radical (unpaired) electrons. The summed E-state index contributed by atoms with van der Waals surface area (Å²) in [5, 5.41) is 9.38. The van der Waals surface area contributed by atoms with Crippen molar-refractivity contribution >= 4 is 11.6 Å². The first-order valence-electron chi connectivity index (χ1n) is 4.69. The predicted octanol–water partition coefficient (Wildman–Crippen LogP) is 1.37. The summed E-state index contributed by atoms with van der Waals surface area (Å²) >= 11 is 5.85. The monoisotopic (exact) mass is 217 g/mol. The largest absolute Gasteiger partial charge is 0.390 e. The van der Waals surface area contributed by atoms with Crippen molar-refractivity contribution in [3.8, 4) is 0 Å². The third-order valence-corrected chi connectivity index (χ3v) is 2.58. The topological polar surface area (TPSA) is 64.1 Å². The molecule has 0 aliphatic rings. The number of aliphatic hydroxyl groups excluding tert-OH is 1. The molecule has 0 fully saturated rings. The molecule has 0 amide bonds. The molecule has 1 aromatic rings. The summed E-state index contributed by atoms with van der Waals surface area (Å²) in [7, 11) is 1.81. The predicted molar refractivity (Wildman–Crippen MR) is 56.0 cm³/mol. The number of halogens is 1. The van der Waals surface area contributed by atoms with Gasteiger partial charge in [-0.1, -0.05) is 24.9 Å². The van der Waals surface area contributed by atoms with Gasteiger partial charge >= 0.3 is 0 Å². The molecule has 0 saturated carbocycles. The fourth-order valence-corrected chi connectivity index (χ4v) is 1.73. The van der Waals surface area contributed by atoms with Crippen molar-refractivity contribution in [3.63, 3.8) is 0 Å². The number of hydrogen-bond donors (Lipinski definition) is 2. The van der Waals surface area contributed by atoms with Gasteiger partial charge in [0.25, 0.3) is 0 Å². The Morgan fingerprint density at radius 2 is 2.29 bits per heavy atom. The molecular weight excluding hydrogens is 202 g/mol. The van der Waals surface area contributed by atoms with Crippen LogP contribution < -0.4 is 5.73 Å². The van der Waals surface area contributed by atoms with Crippen molar-refractivity contribution in [2.75, 3.05) is 0 Å². The van der Waals surface area contributed by atoms with Gasteiger partial charge in [0.15, 0.2) is 5.15 Å². The molecule has 3 N–H and O–H groups in total. The maximum Gasteiger partial charge on any atom is 0.153 e. The van der Waals surface area contributed by atoms with Gasteiger partial charge in [-0.2, -0.15) is 0 Å². The van der Waals surface area contributed by atoms with E-state index in [1.54, 1.807) is 4.57 Å². The highest BCUT2D eigenvalue weighted by Gasteiger charge is 2.16. The van der Waals surface area contributed by atoms with E-state index >= 15 is 0 Å². The Morgan fingerprint density at radius 1 is 1.64 bits per heavy atom. The highest BCUT2D eigenvalue weighted by molar-refractivity contribution is 6.30. The fourth-order valence-electron chi connectivity index (χ4n) is 1.46. The van der Waals surface area contributed by atoms with Gasteiger partial charge in [0.05, 0.1) is 18.3 Å². The van der Waals surface area contributed by atoms with Gasteiger partial charge in [0.1, 0.15) is 5.82 Å². The number of hydrogen-bond acceptors (Lipinski definition) is 3. The Morgan fingerprint density at radius 3 is 2.71 bits per heavy atom. The van der Waals surface area contributed by atoms with E-state index in [0.29, 0.717) is 10.8 Å². The van der Waals surface area contributed by atoms with Crippen LogP contribution in [-0.2, 0) is 13.7 Å². The molecule has 0 aliphatic carbocycles. The molecule has 0 bridgehead atoms. The zero-order valence-corrected chi connectivity index (χ0v) is 9.25. The van der Waals surface area contributed by atoms with Gasteiger partial charge in [-0.15, -0.1) is 0 Å². The van der Waals surface area contributed by atoms with Crippen LogP contribution >= 0.6 is 11.6 Å². The van der Waals surface area contributed by atoms with Gasteiger partial charge in [0.2, 0.25) is 0 Å². The van der Waals surface area contributed by atoms with Gasteiger partial charge in [-0.05, 0) is 6.42 Å². The summed E-state index contributed by atoms with van der Waals surface area (Å²) in [5.41, 5.74) is 6.54. The summed E-state index contributed by atoms with van der Waals surface area (Å²) in [6, 6.07) is -0.109. The van der Waals surface area contributed by atoms with Crippen molar-refractivity contribution in [2.24, 2.45) is 12.8 Å². The second-order valence-electron chi connectivity index (χ2n) is 3.32. The molecule has 0 aromatic carbocycles. The summed E-state index contributed by atoms with van der Waals surface area (Å²) in [6.07, 6.45) is 1.87. The van der Waals surface area contributed by atoms with Crippen LogP contribution in [0.3, 0.4) is 0 Å². The standard InChI is InChI=1S/C9H16ClN3O/c1-3-4-6(11)9-12-8(10)7(5-14)13(9)2/h6,14H,3-5,11H2,1-2H3. The van der Waals surface area contributed by atoms with E-state index in [2.05, 4.69) is 11.9 Å². The summed E-state index contributed by atoms with van der Waals surface area (Å²) < 4.78 is 1.77. The molecule has 14 heavy (non-hydrogen) atoms. The third-order valence-electron chi connectivity index (χ3n) is 2.28. The van der Waals surface area contributed by atoms with Crippen LogP contribution in [0.5, 0.6) is 0 Å².